The number of carbonyl (C=O) groups excluding carboxylic acids is 2. The number of nitrogens with zero attached hydrogens (tertiary/aromatic N) is 5. The Morgan fingerprint density at radius 2 is 2.00 bits per heavy atom. The van der Waals surface area contributed by atoms with Crippen LogP contribution in [-0.2, 0) is 22.4 Å². The first-order valence-corrected chi connectivity index (χ1v) is 13.9. The quantitative estimate of drug-likeness (QED) is 0.171. The lowest BCUT2D eigenvalue weighted by Crippen LogP contribution is -2.29. The van der Waals surface area contributed by atoms with Crippen molar-refractivity contribution in [2.45, 2.75) is 83.7 Å². The minimum atomic E-state index is -0.510. The highest BCUT2D eigenvalue weighted by molar-refractivity contribution is 6.34. The van der Waals surface area contributed by atoms with Crippen LogP contribution in [0.1, 0.15) is 98.1 Å². The van der Waals surface area contributed by atoms with E-state index >= 15 is 0 Å². The van der Waals surface area contributed by atoms with Gasteiger partial charge in [0.25, 0.3) is 5.91 Å². The molecule has 1 fully saturated rings. The average Bonchev–Trinajstić information content (AvgIpc) is 3.66. The number of aromatic nitrogens is 2. The van der Waals surface area contributed by atoms with Gasteiger partial charge in [0.05, 0.1) is 27.9 Å². The van der Waals surface area contributed by atoms with Gasteiger partial charge in [-0.25, -0.2) is 0 Å². The lowest BCUT2D eigenvalue weighted by atomic mass is 9.82. The van der Waals surface area contributed by atoms with Crippen molar-refractivity contribution in [2.24, 2.45) is 17.0 Å². The zero-order valence-electron chi connectivity index (χ0n) is 22.2. The van der Waals surface area contributed by atoms with Gasteiger partial charge in [0, 0.05) is 17.0 Å². The second-order valence-electron chi connectivity index (χ2n) is 11.7. The third-order valence-electron chi connectivity index (χ3n) is 7.70. The second kappa shape index (κ2) is 10.6. The van der Waals surface area contributed by atoms with Crippen molar-refractivity contribution in [2.75, 3.05) is 6.54 Å². The molecule has 2 atom stereocenters. The third kappa shape index (κ3) is 5.52. The van der Waals surface area contributed by atoms with Crippen LogP contribution in [0.4, 0.5) is 0 Å². The fraction of sp³-hybridized carbons (Fsp3) is 0.552. The topological polar surface area (TPSA) is 110 Å². The molecule has 0 saturated heterocycles. The zero-order chi connectivity index (χ0) is 27.0. The molecular weight excluding hydrogens is 502 g/mol. The van der Waals surface area contributed by atoms with Gasteiger partial charge in [-0.2, -0.15) is 9.78 Å². The van der Waals surface area contributed by atoms with Crippen LogP contribution in [0.3, 0.4) is 0 Å². The first-order valence-electron chi connectivity index (χ1n) is 13.5. The van der Waals surface area contributed by atoms with E-state index in [-0.39, 0.29) is 23.7 Å². The molecule has 9 heteroatoms. The minimum Gasteiger partial charge on any atom is -0.460 e. The van der Waals surface area contributed by atoms with E-state index in [1.165, 1.54) is 0 Å². The van der Waals surface area contributed by atoms with Crippen LogP contribution in [0, 0.1) is 11.8 Å². The van der Waals surface area contributed by atoms with Crippen molar-refractivity contribution in [1.82, 2.24) is 9.78 Å². The van der Waals surface area contributed by atoms with Gasteiger partial charge < -0.3 is 4.74 Å². The maximum atomic E-state index is 14.0. The van der Waals surface area contributed by atoms with Crippen LogP contribution in [0.15, 0.2) is 29.4 Å². The number of hydrogen-bond acceptors (Lipinski definition) is 5. The SMILES string of the molecule is CC(C)(C)OC(=O)C1CC=C(c2nn(C(=O)c3c(Cl)cccc3C3CC3)c3c2CCC(CN=[N+]=[N-])C3)CC1. The van der Waals surface area contributed by atoms with Gasteiger partial charge in [0.1, 0.15) is 5.60 Å². The van der Waals surface area contributed by atoms with E-state index in [4.69, 9.17) is 27.0 Å². The number of allylic oxidation sites excluding steroid dienone is 2. The molecule has 1 saturated carbocycles. The summed E-state index contributed by atoms with van der Waals surface area (Å²) in [5, 5.41) is 9.16. The van der Waals surface area contributed by atoms with Gasteiger partial charge in [0.2, 0.25) is 0 Å². The molecule has 0 bridgehead atoms. The number of rotatable bonds is 6. The third-order valence-corrected chi connectivity index (χ3v) is 8.02. The number of ether oxygens (including phenoxy) is 1. The number of esters is 1. The number of carbonyl (C=O) groups is 2. The molecule has 0 spiro atoms. The molecule has 0 N–H and O–H groups in total. The van der Waals surface area contributed by atoms with Crippen molar-refractivity contribution in [1.29, 1.82) is 0 Å². The predicted octanol–water partition coefficient (Wildman–Crippen LogP) is 7.04. The largest absolute Gasteiger partial charge is 0.460 e. The van der Waals surface area contributed by atoms with Crippen LogP contribution in [0.5, 0.6) is 0 Å². The van der Waals surface area contributed by atoms with Crippen LogP contribution < -0.4 is 0 Å². The van der Waals surface area contributed by atoms with E-state index in [9.17, 15) is 9.59 Å². The normalized spacial score (nSPS) is 21.2. The number of azide groups is 1. The Balaban J connectivity index is 1.50. The molecule has 0 amide bonds. The van der Waals surface area contributed by atoms with Gasteiger partial charge in [-0.15, -0.1) is 0 Å². The van der Waals surface area contributed by atoms with Crippen molar-refractivity contribution in [3.8, 4) is 0 Å². The van der Waals surface area contributed by atoms with Crippen LogP contribution in [0.2, 0.25) is 5.02 Å². The van der Waals surface area contributed by atoms with Crippen molar-refractivity contribution < 1.29 is 14.3 Å². The Morgan fingerprint density at radius 3 is 2.66 bits per heavy atom. The maximum absolute atomic E-state index is 14.0. The fourth-order valence-corrected chi connectivity index (χ4v) is 5.93. The molecule has 1 aromatic heterocycles. The van der Waals surface area contributed by atoms with Gasteiger partial charge in [-0.3, -0.25) is 9.59 Å². The minimum absolute atomic E-state index is 0.153. The summed E-state index contributed by atoms with van der Waals surface area (Å²) in [5.41, 5.74) is 13.7. The predicted molar refractivity (Wildman–Crippen MR) is 146 cm³/mol. The Kier molecular flexibility index (Phi) is 7.38. The molecule has 0 aliphatic heterocycles. The zero-order valence-corrected chi connectivity index (χ0v) is 23.0. The van der Waals surface area contributed by atoms with E-state index in [1.54, 1.807) is 10.7 Å². The lowest BCUT2D eigenvalue weighted by molar-refractivity contribution is -0.160. The fourth-order valence-electron chi connectivity index (χ4n) is 5.67. The molecule has 0 radical (unpaired) electrons. The smallest absolute Gasteiger partial charge is 0.309 e. The molecule has 38 heavy (non-hydrogen) atoms. The summed E-state index contributed by atoms with van der Waals surface area (Å²) in [4.78, 5) is 29.6. The summed E-state index contributed by atoms with van der Waals surface area (Å²) in [5.74, 6) is -0.0206. The molecule has 3 aliphatic carbocycles. The molecule has 5 rings (SSSR count). The number of benzene rings is 1. The molecule has 2 unspecified atom stereocenters. The average molecular weight is 536 g/mol. The summed E-state index contributed by atoms with van der Waals surface area (Å²) >= 11 is 6.60. The van der Waals surface area contributed by atoms with E-state index in [0.29, 0.717) is 48.7 Å². The van der Waals surface area contributed by atoms with Gasteiger partial charge in [-0.1, -0.05) is 34.9 Å². The Morgan fingerprint density at radius 1 is 1.21 bits per heavy atom. The molecule has 3 aliphatic rings. The number of hydrogen-bond donors (Lipinski definition) is 0. The molecule has 8 nitrogen and oxygen atoms in total. The van der Waals surface area contributed by atoms with Crippen LogP contribution in [-0.4, -0.2) is 33.8 Å². The van der Waals surface area contributed by atoms with Gasteiger partial charge in [-0.05, 0) is 107 Å². The van der Waals surface area contributed by atoms with E-state index in [2.05, 4.69) is 16.1 Å². The number of fused-ring (bicyclic) bond motifs is 1. The molecule has 1 heterocycles. The van der Waals surface area contributed by atoms with Gasteiger partial charge in [0.15, 0.2) is 0 Å². The first kappa shape index (κ1) is 26.5. The lowest BCUT2D eigenvalue weighted by Gasteiger charge is -2.26. The first-order chi connectivity index (χ1) is 18.2. The Bertz CT molecular complexity index is 1340. The standard InChI is InChI=1S/C29H34ClN5O3/c1-29(2,3)38-28(37)20-12-10-19(11-13-20)26-22-14-7-17(16-32-34-31)15-24(22)35(33-26)27(36)25-21(18-8-9-18)5-4-6-23(25)30/h4-6,10,17-18,20H,7-9,11-16H2,1-3H3. The molecular formula is C29H34ClN5O3. The highest BCUT2D eigenvalue weighted by atomic mass is 35.5. The van der Waals surface area contributed by atoms with E-state index in [0.717, 1.165) is 53.8 Å². The van der Waals surface area contributed by atoms with Crippen molar-refractivity contribution in [3.05, 3.63) is 67.8 Å². The summed E-state index contributed by atoms with van der Waals surface area (Å²) in [7, 11) is 0. The highest BCUT2D eigenvalue weighted by Crippen LogP contribution is 2.44. The monoisotopic (exact) mass is 535 g/mol. The van der Waals surface area contributed by atoms with E-state index in [1.807, 2.05) is 32.9 Å². The maximum Gasteiger partial charge on any atom is 0.309 e. The Labute approximate surface area is 228 Å². The summed E-state index contributed by atoms with van der Waals surface area (Å²) < 4.78 is 7.16. The van der Waals surface area contributed by atoms with Gasteiger partial charge >= 0.3 is 5.97 Å². The summed E-state index contributed by atoms with van der Waals surface area (Å²) in [6, 6.07) is 5.67. The van der Waals surface area contributed by atoms with Crippen molar-refractivity contribution in [3.63, 3.8) is 0 Å². The molecule has 1 aromatic carbocycles. The Hall–Kier alpha value is -3.09. The highest BCUT2D eigenvalue weighted by Gasteiger charge is 2.35. The molecule has 200 valence electrons. The van der Waals surface area contributed by atoms with Crippen molar-refractivity contribution >= 4 is 29.1 Å². The summed E-state index contributed by atoms with van der Waals surface area (Å²) in [6.07, 6.45) is 8.42. The van der Waals surface area contributed by atoms with Crippen LogP contribution >= 0.6 is 11.6 Å². The second-order valence-corrected chi connectivity index (χ2v) is 12.1. The number of halogens is 1. The van der Waals surface area contributed by atoms with E-state index < -0.39 is 5.60 Å². The molecule has 2 aromatic rings. The summed E-state index contributed by atoms with van der Waals surface area (Å²) in [6.45, 7) is 6.04. The van der Waals surface area contributed by atoms with Crippen LogP contribution in [0.25, 0.3) is 16.0 Å².